The molecule has 0 saturated carbocycles. The first kappa shape index (κ1) is 10.7. The van der Waals surface area contributed by atoms with Crippen molar-refractivity contribution in [2.24, 2.45) is 0 Å². The van der Waals surface area contributed by atoms with Crippen molar-refractivity contribution in [1.29, 1.82) is 5.26 Å². The number of hydrogen-bond acceptors (Lipinski definition) is 4. The average Bonchev–Trinajstić information content (AvgIpc) is 2.31. The number of nitrogen functional groups attached to an aromatic ring is 1. The summed E-state index contributed by atoms with van der Waals surface area (Å²) in [6.07, 6.45) is 1.24. The number of halogens is 1. The van der Waals surface area contributed by atoms with Gasteiger partial charge in [0.2, 0.25) is 0 Å². The molecular formula is C12H13ClN4. The van der Waals surface area contributed by atoms with Crippen LogP contribution in [-0.2, 0) is 0 Å². The van der Waals surface area contributed by atoms with E-state index in [0.717, 1.165) is 18.8 Å². The topological polar surface area (TPSA) is 65.1 Å². The van der Waals surface area contributed by atoms with Gasteiger partial charge in [-0.1, -0.05) is 11.6 Å². The molecule has 3 saturated heterocycles. The predicted octanol–water partition coefficient (Wildman–Crippen LogP) is 1.34. The summed E-state index contributed by atoms with van der Waals surface area (Å²) in [7, 11) is 0. The Labute approximate surface area is 105 Å². The van der Waals surface area contributed by atoms with Crippen LogP contribution in [-0.4, -0.2) is 25.2 Å². The molecule has 5 heteroatoms. The molecule has 88 valence electrons. The zero-order valence-electron chi connectivity index (χ0n) is 9.28. The normalized spacial score (nSPS) is 26.2. The van der Waals surface area contributed by atoms with Crippen molar-refractivity contribution in [2.75, 3.05) is 23.7 Å². The Morgan fingerprint density at radius 1 is 1.41 bits per heavy atom. The monoisotopic (exact) mass is 248 g/mol. The number of hydrogen-bond donors (Lipinski definition) is 2. The van der Waals surface area contributed by atoms with E-state index in [0.29, 0.717) is 28.4 Å². The second kappa shape index (κ2) is 3.80. The number of piperazine rings is 1. The van der Waals surface area contributed by atoms with Crippen LogP contribution in [0.1, 0.15) is 12.0 Å². The Hall–Kier alpha value is -1.44. The number of anilines is 2. The Balaban J connectivity index is 1.96. The maximum Gasteiger partial charge on any atom is 0.0993 e. The number of rotatable bonds is 1. The number of nitrogens with two attached hydrogens (primary N) is 1. The van der Waals surface area contributed by atoms with Crippen LogP contribution in [0, 0.1) is 11.3 Å². The summed E-state index contributed by atoms with van der Waals surface area (Å²) in [6, 6.07) is 6.66. The second-order valence-electron chi connectivity index (χ2n) is 4.71. The standard InChI is InChI=1S/C12H13ClN4/c13-12-10(15)1-7(4-14)2-11(12)17-5-8-3-9(6-17)16-8/h1-2,8-9,16H,3,5-6,15H2. The van der Waals surface area contributed by atoms with Gasteiger partial charge in [0, 0.05) is 25.2 Å². The molecular weight excluding hydrogens is 236 g/mol. The summed E-state index contributed by atoms with van der Waals surface area (Å²) in [6.45, 7) is 1.87. The molecule has 3 aliphatic rings. The van der Waals surface area contributed by atoms with Gasteiger partial charge in [-0.15, -0.1) is 0 Å². The van der Waals surface area contributed by atoms with Gasteiger partial charge in [0.05, 0.1) is 28.0 Å². The summed E-state index contributed by atoms with van der Waals surface area (Å²) in [4.78, 5) is 2.22. The van der Waals surface area contributed by atoms with Crippen LogP contribution in [0.25, 0.3) is 0 Å². The molecule has 3 fully saturated rings. The number of nitrogens with zero attached hydrogens (tertiary/aromatic N) is 2. The molecule has 4 rings (SSSR count). The van der Waals surface area contributed by atoms with E-state index in [1.165, 1.54) is 6.42 Å². The molecule has 0 radical (unpaired) electrons. The van der Waals surface area contributed by atoms with Gasteiger partial charge in [-0.05, 0) is 18.6 Å². The fourth-order valence-corrected chi connectivity index (χ4v) is 2.86. The number of piperidine rings is 1. The number of nitrogens with one attached hydrogen (secondary N) is 1. The first-order chi connectivity index (χ1) is 8.17. The van der Waals surface area contributed by atoms with E-state index >= 15 is 0 Å². The van der Waals surface area contributed by atoms with Gasteiger partial charge < -0.3 is 16.0 Å². The minimum Gasteiger partial charge on any atom is -0.397 e. The minimum atomic E-state index is 0.480. The van der Waals surface area contributed by atoms with Crippen molar-refractivity contribution in [3.05, 3.63) is 22.7 Å². The fourth-order valence-electron chi connectivity index (χ4n) is 2.64. The van der Waals surface area contributed by atoms with E-state index in [1.807, 2.05) is 6.07 Å². The van der Waals surface area contributed by atoms with Crippen LogP contribution in [0.4, 0.5) is 11.4 Å². The lowest BCUT2D eigenvalue weighted by Crippen LogP contribution is -2.67. The molecule has 17 heavy (non-hydrogen) atoms. The van der Waals surface area contributed by atoms with Crippen LogP contribution >= 0.6 is 11.6 Å². The summed E-state index contributed by atoms with van der Waals surface area (Å²) in [5.41, 5.74) is 7.76. The van der Waals surface area contributed by atoms with Crippen molar-refractivity contribution >= 4 is 23.0 Å². The van der Waals surface area contributed by atoms with Gasteiger partial charge in [-0.3, -0.25) is 0 Å². The van der Waals surface area contributed by atoms with Gasteiger partial charge in [0.1, 0.15) is 0 Å². The van der Waals surface area contributed by atoms with E-state index in [-0.39, 0.29) is 0 Å². The summed E-state index contributed by atoms with van der Waals surface area (Å²) >= 11 is 6.22. The highest BCUT2D eigenvalue weighted by molar-refractivity contribution is 6.35. The third kappa shape index (κ3) is 1.72. The Morgan fingerprint density at radius 2 is 2.06 bits per heavy atom. The average molecular weight is 249 g/mol. The van der Waals surface area contributed by atoms with Crippen molar-refractivity contribution in [3.8, 4) is 6.07 Å². The molecule has 2 atom stereocenters. The Morgan fingerprint density at radius 3 is 2.65 bits per heavy atom. The lowest BCUT2D eigenvalue weighted by molar-refractivity contribution is 0.226. The molecule has 2 unspecified atom stereocenters. The molecule has 0 spiro atoms. The molecule has 3 aliphatic heterocycles. The number of benzene rings is 1. The van der Waals surface area contributed by atoms with Crippen molar-refractivity contribution in [2.45, 2.75) is 18.5 Å². The molecule has 0 amide bonds. The fraction of sp³-hybridized carbons (Fsp3) is 0.417. The van der Waals surface area contributed by atoms with E-state index in [9.17, 15) is 0 Å². The predicted molar refractivity (Wildman–Crippen MR) is 68.1 cm³/mol. The van der Waals surface area contributed by atoms with Crippen LogP contribution in [0.2, 0.25) is 5.02 Å². The van der Waals surface area contributed by atoms with Crippen LogP contribution in [0.5, 0.6) is 0 Å². The molecule has 3 N–H and O–H groups in total. The third-order valence-corrected chi connectivity index (χ3v) is 3.89. The summed E-state index contributed by atoms with van der Waals surface area (Å²) < 4.78 is 0. The van der Waals surface area contributed by atoms with E-state index < -0.39 is 0 Å². The quantitative estimate of drug-likeness (QED) is 0.737. The molecule has 4 nitrogen and oxygen atoms in total. The molecule has 2 bridgehead atoms. The molecule has 3 heterocycles. The van der Waals surface area contributed by atoms with Crippen LogP contribution in [0.15, 0.2) is 12.1 Å². The Kier molecular flexibility index (Phi) is 2.39. The third-order valence-electron chi connectivity index (χ3n) is 3.47. The highest BCUT2D eigenvalue weighted by Crippen LogP contribution is 2.35. The van der Waals surface area contributed by atoms with E-state index in [2.05, 4.69) is 16.3 Å². The van der Waals surface area contributed by atoms with Gasteiger partial charge in [-0.25, -0.2) is 0 Å². The van der Waals surface area contributed by atoms with Gasteiger partial charge >= 0.3 is 0 Å². The summed E-state index contributed by atoms with van der Waals surface area (Å²) in [5, 5.41) is 13.0. The van der Waals surface area contributed by atoms with Gasteiger partial charge in [0.15, 0.2) is 0 Å². The zero-order chi connectivity index (χ0) is 12.0. The SMILES string of the molecule is N#Cc1cc(N)c(Cl)c(N2CC3CC(C2)N3)c1. The number of fused-ring (bicyclic) bond motifs is 2. The minimum absolute atomic E-state index is 0.480. The molecule has 1 aromatic rings. The van der Waals surface area contributed by atoms with Crippen molar-refractivity contribution in [3.63, 3.8) is 0 Å². The lowest BCUT2D eigenvalue weighted by Gasteiger charge is -2.49. The van der Waals surface area contributed by atoms with Gasteiger partial charge in [0.25, 0.3) is 0 Å². The van der Waals surface area contributed by atoms with E-state index in [1.54, 1.807) is 6.07 Å². The largest absolute Gasteiger partial charge is 0.397 e. The number of nitriles is 1. The smallest absolute Gasteiger partial charge is 0.0993 e. The second-order valence-corrected chi connectivity index (χ2v) is 5.09. The molecule has 0 aliphatic carbocycles. The van der Waals surface area contributed by atoms with Crippen LogP contribution < -0.4 is 16.0 Å². The highest BCUT2D eigenvalue weighted by Gasteiger charge is 2.37. The first-order valence-corrected chi connectivity index (χ1v) is 6.05. The lowest BCUT2D eigenvalue weighted by atomic mass is 9.91. The Bertz CT molecular complexity index is 492. The molecule has 1 aromatic carbocycles. The molecule has 0 aromatic heterocycles. The maximum absolute atomic E-state index is 8.96. The van der Waals surface area contributed by atoms with Gasteiger partial charge in [-0.2, -0.15) is 5.26 Å². The van der Waals surface area contributed by atoms with Crippen molar-refractivity contribution in [1.82, 2.24) is 5.32 Å². The zero-order valence-corrected chi connectivity index (χ0v) is 10.0. The maximum atomic E-state index is 8.96. The van der Waals surface area contributed by atoms with Crippen molar-refractivity contribution < 1.29 is 0 Å². The van der Waals surface area contributed by atoms with Crippen LogP contribution in [0.3, 0.4) is 0 Å². The van der Waals surface area contributed by atoms with E-state index in [4.69, 9.17) is 22.6 Å². The summed E-state index contributed by atoms with van der Waals surface area (Å²) in [5.74, 6) is 0. The highest BCUT2D eigenvalue weighted by atomic mass is 35.5. The first-order valence-electron chi connectivity index (χ1n) is 5.67.